The van der Waals surface area contributed by atoms with Crippen LogP contribution in [0.1, 0.15) is 31.1 Å². The minimum absolute atomic E-state index is 0.0998. The number of carbonyl (C=O) groups is 1. The highest BCUT2D eigenvalue weighted by Gasteiger charge is 2.38. The van der Waals surface area contributed by atoms with E-state index in [4.69, 9.17) is 0 Å². The third-order valence-corrected chi connectivity index (χ3v) is 4.30. The van der Waals surface area contributed by atoms with Gasteiger partial charge in [0, 0.05) is 11.9 Å². The lowest BCUT2D eigenvalue weighted by Crippen LogP contribution is -2.27. The van der Waals surface area contributed by atoms with Crippen LogP contribution in [0.25, 0.3) is 0 Å². The summed E-state index contributed by atoms with van der Waals surface area (Å²) >= 11 is 0. The number of rotatable bonds is 3. The molecule has 19 heavy (non-hydrogen) atoms. The molecule has 1 amide bonds. The molecule has 1 atom stereocenters. The number of hydrogen-bond acceptors (Lipinski definition) is 4. The van der Waals surface area contributed by atoms with Gasteiger partial charge >= 0.3 is 0 Å². The van der Waals surface area contributed by atoms with Crippen molar-refractivity contribution < 1.29 is 18.3 Å². The quantitative estimate of drug-likeness (QED) is 0.866. The van der Waals surface area contributed by atoms with Crippen LogP contribution >= 0.6 is 0 Å². The van der Waals surface area contributed by atoms with Gasteiger partial charge in [0.25, 0.3) is 0 Å². The third-order valence-electron chi connectivity index (χ3n) is 3.38. The van der Waals surface area contributed by atoms with Crippen molar-refractivity contribution in [3.8, 4) is 0 Å². The molecule has 0 radical (unpaired) electrons. The van der Waals surface area contributed by atoms with Crippen LogP contribution in [0.5, 0.6) is 0 Å². The zero-order valence-electron chi connectivity index (χ0n) is 11.1. The average Bonchev–Trinajstić information content (AvgIpc) is 2.47. The summed E-state index contributed by atoms with van der Waals surface area (Å²) in [5, 5.41) is 12.7. The van der Waals surface area contributed by atoms with Crippen LogP contribution in [0, 0.1) is 0 Å². The molecule has 0 aliphatic carbocycles. The molecule has 1 unspecified atom stereocenters. The fourth-order valence-electron chi connectivity index (χ4n) is 2.18. The van der Waals surface area contributed by atoms with Crippen LogP contribution < -0.4 is 5.32 Å². The molecule has 2 N–H and O–H groups in total. The Balaban J connectivity index is 2.38. The average molecular weight is 283 g/mol. The Kier molecular flexibility index (Phi) is 3.18. The van der Waals surface area contributed by atoms with E-state index in [2.05, 4.69) is 5.32 Å². The molecule has 0 saturated carbocycles. The summed E-state index contributed by atoms with van der Waals surface area (Å²) in [4.78, 5) is 11.8. The largest absolute Gasteiger partial charge is 0.387 e. The van der Waals surface area contributed by atoms with E-state index in [1.807, 2.05) is 0 Å². The summed E-state index contributed by atoms with van der Waals surface area (Å²) in [5.74, 6) is -0.426. The standard InChI is InChI=1S/C13H17NO4S/c1-13(2)9-6-8(11(15)7-19(3,17)18)4-5-10(9)14-12(13)16/h4-6,11,15H,7H2,1-3H3,(H,14,16). The Morgan fingerprint density at radius 2 is 2.00 bits per heavy atom. The molecule has 0 fully saturated rings. The number of aliphatic hydroxyl groups is 1. The molecule has 1 aliphatic heterocycles. The Hall–Kier alpha value is -1.40. The van der Waals surface area contributed by atoms with Gasteiger partial charge < -0.3 is 10.4 Å². The zero-order valence-corrected chi connectivity index (χ0v) is 11.9. The molecule has 0 spiro atoms. The number of anilines is 1. The van der Waals surface area contributed by atoms with Crippen molar-refractivity contribution in [2.75, 3.05) is 17.3 Å². The number of benzene rings is 1. The number of hydrogen-bond donors (Lipinski definition) is 2. The van der Waals surface area contributed by atoms with E-state index in [9.17, 15) is 18.3 Å². The van der Waals surface area contributed by atoms with E-state index in [0.717, 1.165) is 11.8 Å². The number of aliphatic hydroxyl groups excluding tert-OH is 1. The van der Waals surface area contributed by atoms with E-state index < -0.39 is 21.4 Å². The normalized spacial score (nSPS) is 18.8. The van der Waals surface area contributed by atoms with Crippen molar-refractivity contribution in [2.45, 2.75) is 25.4 Å². The second-order valence-electron chi connectivity index (χ2n) is 5.49. The number of sulfone groups is 1. The summed E-state index contributed by atoms with van der Waals surface area (Å²) in [6.07, 6.45) is 0.00491. The molecule has 5 nitrogen and oxygen atoms in total. The molecule has 0 bridgehead atoms. The van der Waals surface area contributed by atoms with Gasteiger partial charge in [-0.05, 0) is 31.0 Å². The van der Waals surface area contributed by atoms with Crippen LogP contribution in [0.15, 0.2) is 18.2 Å². The van der Waals surface area contributed by atoms with Gasteiger partial charge in [-0.2, -0.15) is 0 Å². The number of carbonyl (C=O) groups excluding carboxylic acids is 1. The maximum Gasteiger partial charge on any atom is 0.234 e. The van der Waals surface area contributed by atoms with Crippen LogP contribution in [-0.2, 0) is 20.0 Å². The van der Waals surface area contributed by atoms with Gasteiger partial charge in [-0.1, -0.05) is 12.1 Å². The molecular weight excluding hydrogens is 266 g/mol. The smallest absolute Gasteiger partial charge is 0.234 e. The van der Waals surface area contributed by atoms with Crippen molar-refractivity contribution in [2.24, 2.45) is 0 Å². The number of amides is 1. The Bertz CT molecular complexity index is 634. The number of nitrogens with one attached hydrogen (secondary N) is 1. The van der Waals surface area contributed by atoms with Gasteiger partial charge in [0.1, 0.15) is 9.84 Å². The maximum absolute atomic E-state index is 11.8. The van der Waals surface area contributed by atoms with Gasteiger partial charge in [-0.15, -0.1) is 0 Å². The highest BCUT2D eigenvalue weighted by molar-refractivity contribution is 7.90. The predicted molar refractivity (Wildman–Crippen MR) is 72.8 cm³/mol. The van der Waals surface area contributed by atoms with Crippen molar-refractivity contribution in [1.82, 2.24) is 0 Å². The summed E-state index contributed by atoms with van der Waals surface area (Å²) in [6, 6.07) is 5.03. The summed E-state index contributed by atoms with van der Waals surface area (Å²) in [6.45, 7) is 3.59. The van der Waals surface area contributed by atoms with Crippen LogP contribution in [0.2, 0.25) is 0 Å². The van der Waals surface area contributed by atoms with E-state index in [-0.39, 0.29) is 11.7 Å². The first-order valence-corrected chi connectivity index (χ1v) is 7.99. The van der Waals surface area contributed by atoms with Gasteiger partial charge in [0.05, 0.1) is 17.3 Å². The van der Waals surface area contributed by atoms with Crippen LogP contribution in [0.4, 0.5) is 5.69 Å². The SMILES string of the molecule is CC1(C)C(=O)Nc2ccc(C(O)CS(C)(=O)=O)cc21. The molecular formula is C13H17NO4S. The lowest BCUT2D eigenvalue weighted by molar-refractivity contribution is -0.119. The summed E-state index contributed by atoms with van der Waals surface area (Å²) in [5.41, 5.74) is 1.33. The fourth-order valence-corrected chi connectivity index (χ4v) is 2.95. The lowest BCUT2D eigenvalue weighted by Gasteiger charge is -2.17. The highest BCUT2D eigenvalue weighted by Crippen LogP contribution is 2.38. The fraction of sp³-hybridized carbons (Fsp3) is 0.462. The lowest BCUT2D eigenvalue weighted by atomic mass is 9.85. The van der Waals surface area contributed by atoms with Crippen molar-refractivity contribution in [3.63, 3.8) is 0 Å². The summed E-state index contributed by atoms with van der Waals surface area (Å²) in [7, 11) is -3.26. The zero-order chi connectivity index (χ0) is 14.4. The van der Waals surface area contributed by atoms with Crippen molar-refractivity contribution >= 4 is 21.4 Å². The predicted octanol–water partition coefficient (Wildman–Crippen LogP) is 0.994. The van der Waals surface area contributed by atoms with Crippen LogP contribution in [-0.4, -0.2) is 31.4 Å². The first-order valence-electron chi connectivity index (χ1n) is 5.93. The highest BCUT2D eigenvalue weighted by atomic mass is 32.2. The minimum atomic E-state index is -3.26. The topological polar surface area (TPSA) is 83.5 Å². The second kappa shape index (κ2) is 4.31. The molecule has 2 rings (SSSR count). The number of fused-ring (bicyclic) bond motifs is 1. The molecule has 1 aromatic rings. The van der Waals surface area contributed by atoms with Gasteiger partial charge in [-0.3, -0.25) is 4.79 Å². The molecule has 0 saturated heterocycles. The van der Waals surface area contributed by atoms with Crippen LogP contribution in [0.3, 0.4) is 0 Å². The molecule has 1 heterocycles. The molecule has 104 valence electrons. The van der Waals surface area contributed by atoms with Crippen molar-refractivity contribution in [3.05, 3.63) is 29.3 Å². The molecule has 6 heteroatoms. The Labute approximate surface area is 112 Å². The van der Waals surface area contributed by atoms with E-state index in [1.54, 1.807) is 32.0 Å². The third kappa shape index (κ3) is 2.64. The second-order valence-corrected chi connectivity index (χ2v) is 7.68. The Morgan fingerprint density at radius 1 is 1.37 bits per heavy atom. The maximum atomic E-state index is 11.8. The first kappa shape index (κ1) is 14.0. The van der Waals surface area contributed by atoms with Gasteiger partial charge in [-0.25, -0.2) is 8.42 Å². The van der Waals surface area contributed by atoms with Gasteiger partial charge in [0.15, 0.2) is 0 Å². The first-order chi connectivity index (χ1) is 8.61. The van der Waals surface area contributed by atoms with Crippen molar-refractivity contribution in [1.29, 1.82) is 0 Å². The molecule has 0 aromatic heterocycles. The molecule has 1 aromatic carbocycles. The molecule has 1 aliphatic rings. The van der Waals surface area contributed by atoms with Gasteiger partial charge in [0.2, 0.25) is 5.91 Å². The van der Waals surface area contributed by atoms with E-state index >= 15 is 0 Å². The minimum Gasteiger partial charge on any atom is -0.387 e. The van der Waals surface area contributed by atoms with E-state index in [1.165, 1.54) is 0 Å². The monoisotopic (exact) mass is 283 g/mol. The summed E-state index contributed by atoms with van der Waals surface area (Å²) < 4.78 is 22.4. The van der Waals surface area contributed by atoms with E-state index in [0.29, 0.717) is 11.3 Å². The Morgan fingerprint density at radius 3 is 2.58 bits per heavy atom.